The minimum Gasteiger partial charge on any atom is -0.507 e. The highest BCUT2D eigenvalue weighted by Gasteiger charge is 2.47. The van der Waals surface area contributed by atoms with Gasteiger partial charge in [0.05, 0.1) is 25.8 Å². The number of amides is 1. The predicted octanol–water partition coefficient (Wildman–Crippen LogP) is 3.00. The highest BCUT2D eigenvalue weighted by Crippen LogP contribution is 2.45. The van der Waals surface area contributed by atoms with Gasteiger partial charge in [-0.25, -0.2) is 0 Å². The van der Waals surface area contributed by atoms with E-state index in [2.05, 4.69) is 0 Å². The quantitative estimate of drug-likeness (QED) is 0.418. The summed E-state index contributed by atoms with van der Waals surface area (Å²) in [4.78, 5) is 29.5. The van der Waals surface area contributed by atoms with Gasteiger partial charge in [0.1, 0.15) is 5.76 Å². The second-order valence-corrected chi connectivity index (χ2v) is 7.74. The van der Waals surface area contributed by atoms with Crippen LogP contribution in [0.15, 0.2) is 48.0 Å². The van der Waals surface area contributed by atoms with Crippen LogP contribution in [-0.2, 0) is 9.59 Å². The third-order valence-corrected chi connectivity index (χ3v) is 5.38. The first-order valence-electron chi connectivity index (χ1n) is 10.0. The molecule has 1 atom stereocenters. The van der Waals surface area contributed by atoms with E-state index in [1.54, 1.807) is 30.3 Å². The Morgan fingerprint density at radius 2 is 1.74 bits per heavy atom. The maximum absolute atomic E-state index is 13.1. The Bertz CT molecular complexity index is 1010. The lowest BCUT2D eigenvalue weighted by Gasteiger charge is -2.28. The molecular weight excluding hydrogens is 396 g/mol. The standard InChI is InChI=1S/C24H28N2O5/c1-15-9-11-16(12-10-15)21(27)19-20(17-7-6-8-18(30-4)23(17)31-5)26(14-13-25(2)3)24(29)22(19)28/h6-12,20,27H,13-14H2,1-5H3. The van der Waals surface area contributed by atoms with Gasteiger partial charge in [-0.05, 0) is 27.1 Å². The Kier molecular flexibility index (Phi) is 6.65. The van der Waals surface area contributed by atoms with Gasteiger partial charge in [-0.15, -0.1) is 0 Å². The fourth-order valence-electron chi connectivity index (χ4n) is 3.74. The molecule has 0 aromatic heterocycles. The molecule has 1 aliphatic heterocycles. The summed E-state index contributed by atoms with van der Waals surface area (Å²) in [5.41, 5.74) is 2.12. The lowest BCUT2D eigenvalue weighted by molar-refractivity contribution is -0.140. The van der Waals surface area contributed by atoms with Crippen molar-refractivity contribution in [3.63, 3.8) is 0 Å². The molecule has 1 fully saturated rings. The summed E-state index contributed by atoms with van der Waals surface area (Å²) < 4.78 is 11.0. The molecule has 1 amide bonds. The predicted molar refractivity (Wildman–Crippen MR) is 118 cm³/mol. The number of methoxy groups -OCH3 is 2. The van der Waals surface area contributed by atoms with Crippen LogP contribution in [0, 0.1) is 6.92 Å². The molecule has 1 aliphatic rings. The zero-order valence-corrected chi connectivity index (χ0v) is 18.5. The van der Waals surface area contributed by atoms with Gasteiger partial charge < -0.3 is 24.4 Å². The van der Waals surface area contributed by atoms with Crippen LogP contribution in [0.2, 0.25) is 0 Å². The number of ketones is 1. The minimum absolute atomic E-state index is 0.0409. The van der Waals surface area contributed by atoms with Gasteiger partial charge in [-0.2, -0.15) is 0 Å². The number of benzene rings is 2. The number of nitrogens with zero attached hydrogens (tertiary/aromatic N) is 2. The van der Waals surface area contributed by atoms with E-state index >= 15 is 0 Å². The molecule has 1 saturated heterocycles. The maximum Gasteiger partial charge on any atom is 0.295 e. The molecular formula is C24H28N2O5. The molecule has 2 aromatic rings. The Balaban J connectivity index is 2.23. The number of aryl methyl sites for hydroxylation is 1. The van der Waals surface area contributed by atoms with E-state index < -0.39 is 17.7 Å². The fourth-order valence-corrected chi connectivity index (χ4v) is 3.74. The third kappa shape index (κ3) is 4.27. The number of aliphatic hydroxyl groups is 1. The van der Waals surface area contributed by atoms with Crippen LogP contribution in [0.25, 0.3) is 5.76 Å². The molecule has 7 nitrogen and oxygen atoms in total. The summed E-state index contributed by atoms with van der Waals surface area (Å²) in [5.74, 6) is -0.673. The van der Waals surface area contributed by atoms with Crippen LogP contribution < -0.4 is 9.47 Å². The molecule has 1 N–H and O–H groups in total. The third-order valence-electron chi connectivity index (χ3n) is 5.38. The Hall–Kier alpha value is -3.32. The molecule has 0 aliphatic carbocycles. The Labute approximate surface area is 182 Å². The summed E-state index contributed by atoms with van der Waals surface area (Å²) in [5, 5.41) is 11.1. The molecule has 2 aromatic carbocycles. The van der Waals surface area contributed by atoms with Crippen LogP contribution in [0.3, 0.4) is 0 Å². The first-order valence-corrected chi connectivity index (χ1v) is 10.0. The van der Waals surface area contributed by atoms with E-state index in [4.69, 9.17) is 9.47 Å². The lowest BCUT2D eigenvalue weighted by Crippen LogP contribution is -2.35. The van der Waals surface area contributed by atoms with E-state index in [1.165, 1.54) is 19.1 Å². The van der Waals surface area contributed by atoms with Crippen molar-refractivity contribution in [2.45, 2.75) is 13.0 Å². The summed E-state index contributed by atoms with van der Waals surface area (Å²) in [6.07, 6.45) is 0. The van der Waals surface area contributed by atoms with E-state index in [1.807, 2.05) is 38.1 Å². The van der Waals surface area contributed by atoms with Gasteiger partial charge in [0.2, 0.25) is 0 Å². The summed E-state index contributed by atoms with van der Waals surface area (Å²) >= 11 is 0. The van der Waals surface area contributed by atoms with Gasteiger partial charge in [0.15, 0.2) is 11.5 Å². The van der Waals surface area contributed by atoms with Crippen molar-refractivity contribution in [3.05, 3.63) is 64.7 Å². The van der Waals surface area contributed by atoms with E-state index in [-0.39, 0.29) is 11.3 Å². The summed E-state index contributed by atoms with van der Waals surface area (Å²) in [6, 6.07) is 11.7. The largest absolute Gasteiger partial charge is 0.507 e. The monoisotopic (exact) mass is 424 g/mol. The van der Waals surface area contributed by atoms with Crippen molar-refractivity contribution < 1.29 is 24.2 Å². The van der Waals surface area contributed by atoms with Gasteiger partial charge in [-0.3, -0.25) is 9.59 Å². The number of aliphatic hydroxyl groups excluding tert-OH is 1. The molecule has 1 unspecified atom stereocenters. The minimum atomic E-state index is -0.800. The summed E-state index contributed by atoms with van der Waals surface area (Å²) in [6.45, 7) is 2.80. The van der Waals surface area contributed by atoms with Crippen LogP contribution >= 0.6 is 0 Å². The van der Waals surface area contributed by atoms with Crippen molar-refractivity contribution >= 4 is 17.4 Å². The molecule has 31 heavy (non-hydrogen) atoms. The SMILES string of the molecule is COc1cccc(C2C(=C(O)c3ccc(C)cc3)C(=O)C(=O)N2CCN(C)C)c1OC. The lowest BCUT2D eigenvalue weighted by atomic mass is 9.94. The molecule has 0 saturated carbocycles. The molecule has 3 rings (SSSR count). The molecule has 0 bridgehead atoms. The highest BCUT2D eigenvalue weighted by molar-refractivity contribution is 6.46. The van der Waals surface area contributed by atoms with Crippen molar-refractivity contribution in [3.8, 4) is 11.5 Å². The highest BCUT2D eigenvalue weighted by atomic mass is 16.5. The van der Waals surface area contributed by atoms with E-state index in [0.717, 1.165) is 5.56 Å². The van der Waals surface area contributed by atoms with Crippen molar-refractivity contribution in [2.24, 2.45) is 0 Å². The average molecular weight is 424 g/mol. The zero-order chi connectivity index (χ0) is 22.7. The number of ether oxygens (including phenoxy) is 2. The molecule has 164 valence electrons. The van der Waals surface area contributed by atoms with Crippen LogP contribution in [0.5, 0.6) is 11.5 Å². The Morgan fingerprint density at radius 3 is 2.32 bits per heavy atom. The van der Waals surface area contributed by atoms with Gasteiger partial charge in [0, 0.05) is 24.2 Å². The van der Waals surface area contributed by atoms with Gasteiger partial charge in [-0.1, -0.05) is 42.0 Å². The van der Waals surface area contributed by atoms with Crippen molar-refractivity contribution in [1.82, 2.24) is 9.80 Å². The molecule has 0 spiro atoms. The number of rotatable bonds is 7. The Morgan fingerprint density at radius 1 is 1.06 bits per heavy atom. The molecule has 7 heteroatoms. The fraction of sp³-hybridized carbons (Fsp3) is 0.333. The first-order chi connectivity index (χ1) is 14.8. The topological polar surface area (TPSA) is 79.3 Å². The van der Waals surface area contributed by atoms with Crippen LogP contribution in [-0.4, -0.2) is 68.0 Å². The molecule has 0 radical (unpaired) electrons. The number of carbonyl (C=O) groups excluding carboxylic acids is 2. The van der Waals surface area contributed by atoms with Crippen LogP contribution in [0.4, 0.5) is 0 Å². The van der Waals surface area contributed by atoms with Gasteiger partial charge >= 0.3 is 0 Å². The zero-order valence-electron chi connectivity index (χ0n) is 18.5. The van der Waals surface area contributed by atoms with Gasteiger partial charge in [0.25, 0.3) is 11.7 Å². The number of hydrogen-bond donors (Lipinski definition) is 1. The normalized spacial score (nSPS) is 18.0. The number of carbonyl (C=O) groups is 2. The number of Topliss-reactive ketones (excluding diaryl/α,β-unsaturated/α-hetero) is 1. The first kappa shape index (κ1) is 22.4. The average Bonchev–Trinajstić information content (AvgIpc) is 3.01. The number of para-hydroxylation sites is 1. The smallest absolute Gasteiger partial charge is 0.295 e. The number of likely N-dealkylation sites (N-methyl/N-ethyl adjacent to an activating group) is 1. The maximum atomic E-state index is 13.1. The second-order valence-electron chi connectivity index (χ2n) is 7.74. The summed E-state index contributed by atoms with van der Waals surface area (Å²) in [7, 11) is 6.82. The molecule has 1 heterocycles. The number of hydrogen-bond acceptors (Lipinski definition) is 6. The van der Waals surface area contributed by atoms with E-state index in [9.17, 15) is 14.7 Å². The number of likely N-dealkylation sites (tertiary alicyclic amines) is 1. The van der Waals surface area contributed by atoms with Crippen molar-refractivity contribution in [2.75, 3.05) is 41.4 Å². The second kappa shape index (κ2) is 9.22. The van der Waals surface area contributed by atoms with E-state index in [0.29, 0.717) is 35.7 Å². The van der Waals surface area contributed by atoms with Crippen molar-refractivity contribution in [1.29, 1.82) is 0 Å². The van der Waals surface area contributed by atoms with Crippen LogP contribution in [0.1, 0.15) is 22.7 Å².